The van der Waals surface area contributed by atoms with Crippen molar-refractivity contribution < 1.29 is 33.4 Å². The largest absolute Gasteiger partial charge is 0.497 e. The van der Waals surface area contributed by atoms with Gasteiger partial charge in [0.05, 0.1) is 19.8 Å². The van der Waals surface area contributed by atoms with Gasteiger partial charge in [0.1, 0.15) is 12.3 Å². The zero-order chi connectivity index (χ0) is 21.2. The Morgan fingerprint density at radius 1 is 0.862 bits per heavy atom. The van der Waals surface area contributed by atoms with Crippen LogP contribution in [0, 0.1) is 0 Å². The molecule has 0 saturated carbocycles. The van der Waals surface area contributed by atoms with Gasteiger partial charge in [-0.3, -0.25) is 14.4 Å². The van der Waals surface area contributed by atoms with Gasteiger partial charge in [-0.05, 0) is 48.5 Å². The second kappa shape index (κ2) is 10.5. The van der Waals surface area contributed by atoms with Crippen molar-refractivity contribution in [3.63, 3.8) is 0 Å². The highest BCUT2D eigenvalue weighted by molar-refractivity contribution is 5.97. The number of carbonyl (C=O) groups is 4. The van der Waals surface area contributed by atoms with E-state index in [1.54, 1.807) is 24.3 Å². The maximum absolute atomic E-state index is 12.0. The molecular weight excluding hydrogens is 380 g/mol. The molecule has 2 aromatic rings. The summed E-state index contributed by atoms with van der Waals surface area (Å²) in [5.74, 6) is -1.67. The summed E-state index contributed by atoms with van der Waals surface area (Å²) < 4.78 is 14.4. The molecule has 9 nitrogen and oxygen atoms in total. The third-order valence-electron chi connectivity index (χ3n) is 3.70. The number of amides is 2. The molecule has 2 amide bonds. The summed E-state index contributed by atoms with van der Waals surface area (Å²) >= 11 is 0. The van der Waals surface area contributed by atoms with Crippen LogP contribution in [-0.4, -0.2) is 51.1 Å². The molecule has 0 heterocycles. The van der Waals surface area contributed by atoms with E-state index in [2.05, 4.69) is 15.4 Å². The van der Waals surface area contributed by atoms with Crippen LogP contribution in [0.3, 0.4) is 0 Å². The summed E-state index contributed by atoms with van der Waals surface area (Å²) in [6.45, 7) is -0.901. The molecule has 0 unspecified atom stereocenters. The molecule has 2 rings (SSSR count). The van der Waals surface area contributed by atoms with E-state index >= 15 is 0 Å². The second-order valence-corrected chi connectivity index (χ2v) is 5.69. The average molecular weight is 400 g/mol. The Labute approximate surface area is 166 Å². The first-order valence-electron chi connectivity index (χ1n) is 8.49. The van der Waals surface area contributed by atoms with Crippen molar-refractivity contribution in [1.82, 2.24) is 5.32 Å². The molecule has 0 spiro atoms. The standard InChI is InChI=1S/C20H20N2O7/c1-27-16-9-5-13(6-10-16)19(25)21-11-18(24)29-12-17(23)22-15-7-3-14(4-8-15)20(26)28-2/h3-10H,11-12H2,1-2H3,(H,21,25)(H,22,23). The third-order valence-corrected chi connectivity index (χ3v) is 3.70. The number of anilines is 1. The summed E-state index contributed by atoms with van der Waals surface area (Å²) in [6.07, 6.45) is 0. The Bertz CT molecular complexity index is 877. The number of esters is 2. The molecule has 0 aliphatic heterocycles. The van der Waals surface area contributed by atoms with Gasteiger partial charge in [0, 0.05) is 11.3 Å². The van der Waals surface area contributed by atoms with Gasteiger partial charge in [-0.1, -0.05) is 0 Å². The van der Waals surface area contributed by atoms with E-state index in [1.165, 1.54) is 38.5 Å². The predicted octanol–water partition coefficient (Wildman–Crippen LogP) is 1.39. The number of ether oxygens (including phenoxy) is 3. The van der Waals surface area contributed by atoms with Crippen LogP contribution in [0.15, 0.2) is 48.5 Å². The van der Waals surface area contributed by atoms with Crippen molar-refractivity contribution in [1.29, 1.82) is 0 Å². The first-order chi connectivity index (χ1) is 13.9. The summed E-state index contributed by atoms with van der Waals surface area (Å²) in [5, 5.41) is 4.92. The highest BCUT2D eigenvalue weighted by Crippen LogP contribution is 2.11. The van der Waals surface area contributed by atoms with Crippen LogP contribution < -0.4 is 15.4 Å². The Morgan fingerprint density at radius 2 is 1.48 bits per heavy atom. The fourth-order valence-corrected chi connectivity index (χ4v) is 2.20. The maximum Gasteiger partial charge on any atom is 0.337 e. The van der Waals surface area contributed by atoms with E-state index < -0.39 is 30.4 Å². The van der Waals surface area contributed by atoms with Gasteiger partial charge < -0.3 is 24.8 Å². The van der Waals surface area contributed by atoms with E-state index in [9.17, 15) is 19.2 Å². The van der Waals surface area contributed by atoms with Gasteiger partial charge in [-0.15, -0.1) is 0 Å². The smallest absolute Gasteiger partial charge is 0.337 e. The minimum atomic E-state index is -0.761. The molecule has 0 aliphatic carbocycles. The van der Waals surface area contributed by atoms with Crippen LogP contribution in [0.25, 0.3) is 0 Å². The van der Waals surface area contributed by atoms with Gasteiger partial charge in [0.2, 0.25) is 0 Å². The number of hydrogen-bond acceptors (Lipinski definition) is 7. The van der Waals surface area contributed by atoms with Crippen LogP contribution in [-0.2, 0) is 19.1 Å². The van der Waals surface area contributed by atoms with Crippen molar-refractivity contribution >= 4 is 29.4 Å². The molecule has 2 N–H and O–H groups in total. The van der Waals surface area contributed by atoms with Gasteiger partial charge in [-0.25, -0.2) is 4.79 Å². The lowest BCUT2D eigenvalue weighted by Gasteiger charge is -2.08. The Hall–Kier alpha value is -3.88. The van der Waals surface area contributed by atoms with Gasteiger partial charge >= 0.3 is 11.9 Å². The van der Waals surface area contributed by atoms with Crippen molar-refractivity contribution in [2.75, 3.05) is 32.7 Å². The summed E-state index contributed by atoms with van der Waals surface area (Å²) in [4.78, 5) is 46.8. The van der Waals surface area contributed by atoms with Crippen molar-refractivity contribution in [3.8, 4) is 5.75 Å². The Kier molecular flexibility index (Phi) is 7.72. The average Bonchev–Trinajstić information content (AvgIpc) is 2.76. The van der Waals surface area contributed by atoms with E-state index in [0.717, 1.165) is 0 Å². The van der Waals surface area contributed by atoms with Crippen LogP contribution in [0.1, 0.15) is 20.7 Å². The van der Waals surface area contributed by atoms with E-state index in [4.69, 9.17) is 9.47 Å². The molecule has 0 radical (unpaired) electrons. The molecule has 0 atom stereocenters. The summed E-state index contributed by atoms with van der Waals surface area (Å²) in [6, 6.07) is 12.4. The highest BCUT2D eigenvalue weighted by atomic mass is 16.5. The van der Waals surface area contributed by atoms with Crippen molar-refractivity contribution in [2.24, 2.45) is 0 Å². The Balaban J connectivity index is 1.73. The monoisotopic (exact) mass is 400 g/mol. The van der Waals surface area contributed by atoms with Crippen LogP contribution in [0.2, 0.25) is 0 Å². The molecule has 0 fully saturated rings. The Morgan fingerprint density at radius 3 is 2.07 bits per heavy atom. The highest BCUT2D eigenvalue weighted by Gasteiger charge is 2.12. The fourth-order valence-electron chi connectivity index (χ4n) is 2.20. The lowest BCUT2D eigenvalue weighted by atomic mass is 10.2. The second-order valence-electron chi connectivity index (χ2n) is 5.69. The molecule has 2 aromatic carbocycles. The summed E-state index contributed by atoms with van der Waals surface area (Å²) in [7, 11) is 2.78. The first kappa shape index (κ1) is 21.4. The number of benzene rings is 2. The lowest BCUT2D eigenvalue weighted by Crippen LogP contribution is -2.32. The molecule has 0 aliphatic rings. The van der Waals surface area contributed by atoms with Gasteiger partial charge in [-0.2, -0.15) is 0 Å². The molecular formula is C20H20N2O7. The number of rotatable bonds is 8. The molecule has 29 heavy (non-hydrogen) atoms. The van der Waals surface area contributed by atoms with Crippen molar-refractivity contribution in [2.45, 2.75) is 0 Å². The summed E-state index contributed by atoms with van der Waals surface area (Å²) in [5.41, 5.74) is 1.11. The zero-order valence-corrected chi connectivity index (χ0v) is 15.9. The number of methoxy groups -OCH3 is 2. The van der Waals surface area contributed by atoms with Crippen molar-refractivity contribution in [3.05, 3.63) is 59.7 Å². The normalized spacial score (nSPS) is 9.86. The minimum Gasteiger partial charge on any atom is -0.497 e. The number of hydrogen-bond donors (Lipinski definition) is 2. The van der Waals surface area contributed by atoms with Gasteiger partial charge in [0.15, 0.2) is 6.61 Å². The fraction of sp³-hybridized carbons (Fsp3) is 0.200. The SMILES string of the molecule is COC(=O)c1ccc(NC(=O)COC(=O)CNC(=O)c2ccc(OC)cc2)cc1. The molecule has 0 saturated heterocycles. The van der Waals surface area contributed by atoms with E-state index in [0.29, 0.717) is 22.6 Å². The van der Waals surface area contributed by atoms with E-state index in [1.807, 2.05) is 0 Å². The molecule has 0 aromatic heterocycles. The van der Waals surface area contributed by atoms with Gasteiger partial charge in [0.25, 0.3) is 11.8 Å². The molecule has 152 valence electrons. The molecule has 0 bridgehead atoms. The van der Waals surface area contributed by atoms with Crippen LogP contribution >= 0.6 is 0 Å². The van der Waals surface area contributed by atoms with Crippen LogP contribution in [0.5, 0.6) is 5.75 Å². The van der Waals surface area contributed by atoms with Crippen LogP contribution in [0.4, 0.5) is 5.69 Å². The zero-order valence-electron chi connectivity index (χ0n) is 15.9. The minimum absolute atomic E-state index is 0.338. The third kappa shape index (κ3) is 6.65. The molecule has 9 heteroatoms. The lowest BCUT2D eigenvalue weighted by molar-refractivity contribution is -0.146. The number of nitrogens with one attached hydrogen (secondary N) is 2. The predicted molar refractivity (Wildman–Crippen MR) is 103 cm³/mol. The first-order valence-corrected chi connectivity index (χ1v) is 8.49. The quantitative estimate of drug-likeness (QED) is 0.643. The maximum atomic E-state index is 12.0. The van der Waals surface area contributed by atoms with E-state index in [-0.39, 0.29) is 6.54 Å². The number of carbonyl (C=O) groups excluding carboxylic acids is 4. The topological polar surface area (TPSA) is 120 Å².